The second-order valence-corrected chi connectivity index (χ2v) is 10.2. The molecule has 2 aliphatic rings. The molecule has 5 rings (SSSR count). The highest BCUT2D eigenvalue weighted by atomic mass is 16.6. The molecule has 12 nitrogen and oxygen atoms in total. The summed E-state index contributed by atoms with van der Waals surface area (Å²) in [6.45, 7) is 8.16. The van der Waals surface area contributed by atoms with Crippen LogP contribution in [0, 0.1) is 10.1 Å². The monoisotopic (exact) mass is 562 g/mol. The molecule has 2 aromatic carbocycles. The van der Waals surface area contributed by atoms with Crippen LogP contribution in [-0.2, 0) is 9.53 Å². The molecule has 0 saturated carbocycles. The van der Waals surface area contributed by atoms with E-state index in [9.17, 15) is 14.9 Å². The van der Waals surface area contributed by atoms with Gasteiger partial charge in [0.2, 0.25) is 0 Å². The number of nitro groups is 1. The SMILES string of the molecule is COc1ccccc1N1CCN(CCCCOC(=O)C2=C(C)NC(C)=C([N+](=O)[O-])C2c2cccc3nonc23)CC1. The van der Waals surface area contributed by atoms with Gasteiger partial charge in [0.05, 0.1) is 35.6 Å². The highest BCUT2D eigenvalue weighted by Gasteiger charge is 2.42. The van der Waals surface area contributed by atoms with Crippen LogP contribution >= 0.6 is 0 Å². The van der Waals surface area contributed by atoms with Crippen LogP contribution in [0.4, 0.5) is 5.69 Å². The third-order valence-electron chi connectivity index (χ3n) is 7.67. The summed E-state index contributed by atoms with van der Waals surface area (Å²) in [5.74, 6) is -0.687. The summed E-state index contributed by atoms with van der Waals surface area (Å²) in [7, 11) is 1.69. The number of methoxy groups -OCH3 is 1. The number of fused-ring (bicyclic) bond motifs is 1. The smallest absolute Gasteiger partial charge is 0.336 e. The van der Waals surface area contributed by atoms with Gasteiger partial charge in [-0.3, -0.25) is 15.0 Å². The molecule has 0 aliphatic carbocycles. The molecule has 2 aliphatic heterocycles. The molecule has 3 aromatic rings. The molecular weight excluding hydrogens is 528 g/mol. The number of esters is 1. The number of benzene rings is 2. The van der Waals surface area contributed by atoms with Crippen LogP contribution in [0.5, 0.6) is 5.75 Å². The number of carbonyl (C=O) groups excluding carboxylic acids is 1. The molecule has 3 heterocycles. The van der Waals surface area contributed by atoms with E-state index < -0.39 is 16.8 Å². The molecular formula is C29H34N6O6. The van der Waals surface area contributed by atoms with Crippen LogP contribution in [-0.4, -0.2) is 72.5 Å². The molecule has 41 heavy (non-hydrogen) atoms. The van der Waals surface area contributed by atoms with Gasteiger partial charge < -0.3 is 19.7 Å². The summed E-state index contributed by atoms with van der Waals surface area (Å²) in [5.41, 5.74) is 3.32. The summed E-state index contributed by atoms with van der Waals surface area (Å²) < 4.78 is 16.1. The second kappa shape index (κ2) is 12.4. The van der Waals surface area contributed by atoms with Gasteiger partial charge in [-0.1, -0.05) is 24.3 Å². The molecule has 12 heteroatoms. The van der Waals surface area contributed by atoms with Gasteiger partial charge in [0, 0.05) is 37.4 Å². The highest BCUT2D eigenvalue weighted by Crippen LogP contribution is 2.41. The Morgan fingerprint density at radius 3 is 2.61 bits per heavy atom. The van der Waals surface area contributed by atoms with Crippen molar-refractivity contribution in [2.75, 3.05) is 51.3 Å². The molecule has 1 atom stereocenters. The van der Waals surface area contributed by atoms with Crippen molar-refractivity contribution in [2.45, 2.75) is 32.6 Å². The van der Waals surface area contributed by atoms with Crippen molar-refractivity contribution >= 4 is 22.7 Å². The van der Waals surface area contributed by atoms with E-state index in [0.717, 1.165) is 50.6 Å². The molecule has 1 N–H and O–H groups in total. The zero-order chi connectivity index (χ0) is 28.9. The summed E-state index contributed by atoms with van der Waals surface area (Å²) in [6, 6.07) is 13.2. The van der Waals surface area contributed by atoms with Crippen molar-refractivity contribution in [1.29, 1.82) is 0 Å². The standard InChI is InChI=1S/C29H34N6O6/c1-19-25(26(28(35(37)38)20(2)30-19)21-9-8-10-22-27(21)32-41-31-22)29(36)40-18-7-6-13-33-14-16-34(17-15-33)23-11-4-5-12-24(23)39-3/h4-5,8-12,26,30H,6-7,13-18H2,1-3H3. The minimum absolute atomic E-state index is 0.134. The lowest BCUT2D eigenvalue weighted by molar-refractivity contribution is -0.431. The number of nitrogens with one attached hydrogen (secondary N) is 1. The first kappa shape index (κ1) is 28.1. The lowest BCUT2D eigenvalue weighted by Crippen LogP contribution is -2.46. The number of piperazine rings is 1. The maximum absolute atomic E-state index is 13.4. The Labute approximate surface area is 237 Å². The number of hydrogen-bond acceptors (Lipinski definition) is 11. The minimum atomic E-state index is -0.978. The van der Waals surface area contributed by atoms with E-state index in [1.54, 1.807) is 39.2 Å². The Kier molecular flexibility index (Phi) is 8.48. The third kappa shape index (κ3) is 5.87. The Bertz CT molecular complexity index is 1490. The van der Waals surface area contributed by atoms with Crippen LogP contribution in [0.1, 0.15) is 38.2 Å². The number of ether oxygens (including phenoxy) is 2. The predicted molar refractivity (Wildman–Crippen MR) is 152 cm³/mol. The van der Waals surface area contributed by atoms with E-state index in [2.05, 4.69) is 31.5 Å². The first-order chi connectivity index (χ1) is 19.9. The zero-order valence-electron chi connectivity index (χ0n) is 23.5. The van der Waals surface area contributed by atoms with Crippen molar-refractivity contribution in [1.82, 2.24) is 20.5 Å². The third-order valence-corrected chi connectivity index (χ3v) is 7.67. The topological polar surface area (TPSA) is 136 Å². The molecule has 1 aromatic heterocycles. The number of carbonyl (C=O) groups is 1. The number of allylic oxidation sites excluding steroid dienone is 3. The largest absolute Gasteiger partial charge is 0.495 e. The Balaban J connectivity index is 1.18. The fourth-order valence-corrected chi connectivity index (χ4v) is 5.64. The number of anilines is 1. The fourth-order valence-electron chi connectivity index (χ4n) is 5.64. The summed E-state index contributed by atoms with van der Waals surface area (Å²) in [4.78, 5) is 29.8. The van der Waals surface area contributed by atoms with Crippen LogP contribution in [0.15, 0.2) is 69.8 Å². The predicted octanol–water partition coefficient (Wildman–Crippen LogP) is 3.85. The van der Waals surface area contributed by atoms with Crippen molar-refractivity contribution < 1.29 is 23.8 Å². The van der Waals surface area contributed by atoms with Crippen LogP contribution in [0.25, 0.3) is 11.0 Å². The van der Waals surface area contributed by atoms with Crippen LogP contribution < -0.4 is 15.0 Å². The van der Waals surface area contributed by atoms with Gasteiger partial charge in [0.1, 0.15) is 22.7 Å². The number of para-hydroxylation sites is 2. The highest BCUT2D eigenvalue weighted by molar-refractivity contribution is 5.94. The summed E-state index contributed by atoms with van der Waals surface area (Å²) in [6.07, 6.45) is 1.55. The molecule has 0 spiro atoms. The van der Waals surface area contributed by atoms with Gasteiger partial charge in [-0.25, -0.2) is 9.42 Å². The Morgan fingerprint density at radius 1 is 1.07 bits per heavy atom. The van der Waals surface area contributed by atoms with Gasteiger partial charge in [-0.2, -0.15) is 0 Å². The Morgan fingerprint density at radius 2 is 1.85 bits per heavy atom. The van der Waals surface area contributed by atoms with Gasteiger partial charge in [-0.05, 0) is 61.7 Å². The van der Waals surface area contributed by atoms with E-state index in [1.807, 2.05) is 18.2 Å². The minimum Gasteiger partial charge on any atom is -0.495 e. The molecule has 0 bridgehead atoms. The fraction of sp³-hybridized carbons (Fsp3) is 0.414. The van der Waals surface area contributed by atoms with E-state index in [-0.39, 0.29) is 17.9 Å². The number of rotatable bonds is 10. The molecule has 1 unspecified atom stereocenters. The van der Waals surface area contributed by atoms with Crippen LogP contribution in [0.3, 0.4) is 0 Å². The van der Waals surface area contributed by atoms with Crippen molar-refractivity contribution in [3.05, 3.63) is 80.8 Å². The van der Waals surface area contributed by atoms with E-state index in [0.29, 0.717) is 34.4 Å². The average molecular weight is 563 g/mol. The van der Waals surface area contributed by atoms with Crippen molar-refractivity contribution in [3.8, 4) is 5.75 Å². The molecule has 1 saturated heterocycles. The first-order valence-corrected chi connectivity index (χ1v) is 13.7. The van der Waals surface area contributed by atoms with Crippen molar-refractivity contribution in [3.63, 3.8) is 0 Å². The van der Waals surface area contributed by atoms with Crippen LogP contribution in [0.2, 0.25) is 0 Å². The lowest BCUT2D eigenvalue weighted by atomic mass is 9.83. The first-order valence-electron chi connectivity index (χ1n) is 13.7. The number of hydrogen-bond donors (Lipinski definition) is 1. The molecule has 1 fully saturated rings. The zero-order valence-corrected chi connectivity index (χ0v) is 23.5. The number of unbranched alkanes of at least 4 members (excludes halogenated alkanes) is 1. The van der Waals surface area contributed by atoms with Gasteiger partial charge >= 0.3 is 5.97 Å². The van der Waals surface area contributed by atoms with Gasteiger partial charge in [0.25, 0.3) is 5.70 Å². The Hall–Kier alpha value is -4.45. The normalized spacial score (nSPS) is 18.0. The number of aromatic nitrogens is 2. The summed E-state index contributed by atoms with van der Waals surface area (Å²) in [5, 5.41) is 22.9. The van der Waals surface area contributed by atoms with E-state index >= 15 is 0 Å². The van der Waals surface area contributed by atoms with Crippen molar-refractivity contribution in [2.24, 2.45) is 0 Å². The second-order valence-electron chi connectivity index (χ2n) is 10.2. The number of dihydropyridines is 1. The van der Waals surface area contributed by atoms with Gasteiger partial charge in [0.15, 0.2) is 0 Å². The number of nitrogens with zero attached hydrogens (tertiary/aromatic N) is 5. The lowest BCUT2D eigenvalue weighted by Gasteiger charge is -2.36. The van der Waals surface area contributed by atoms with E-state index in [4.69, 9.17) is 14.1 Å². The maximum atomic E-state index is 13.4. The molecule has 0 radical (unpaired) electrons. The van der Waals surface area contributed by atoms with E-state index in [1.165, 1.54) is 0 Å². The van der Waals surface area contributed by atoms with Gasteiger partial charge in [-0.15, -0.1) is 0 Å². The molecule has 216 valence electrons. The maximum Gasteiger partial charge on any atom is 0.336 e. The quantitative estimate of drug-likeness (QED) is 0.167. The summed E-state index contributed by atoms with van der Waals surface area (Å²) >= 11 is 0. The average Bonchev–Trinajstić information content (AvgIpc) is 3.46. The molecule has 0 amide bonds.